The van der Waals surface area contributed by atoms with E-state index in [4.69, 9.17) is 10.2 Å². The number of carboxylic acid groups (broad SMARTS) is 1. The fourth-order valence-electron chi connectivity index (χ4n) is 3.35. The Labute approximate surface area is 161 Å². The zero-order valence-electron chi connectivity index (χ0n) is 14.8. The number of fused-ring (bicyclic) bond motifs is 1. The van der Waals surface area contributed by atoms with E-state index in [1.54, 1.807) is 18.3 Å². The van der Waals surface area contributed by atoms with E-state index in [2.05, 4.69) is 9.97 Å². The number of pyridine rings is 1. The first-order valence-electron chi connectivity index (χ1n) is 8.60. The van der Waals surface area contributed by atoms with Gasteiger partial charge in [0.1, 0.15) is 5.65 Å². The second-order valence-corrected chi connectivity index (χ2v) is 8.16. The molecule has 0 aliphatic carbocycles. The molecule has 144 valence electrons. The van der Waals surface area contributed by atoms with Gasteiger partial charge < -0.3 is 15.0 Å². The van der Waals surface area contributed by atoms with Crippen LogP contribution in [0.3, 0.4) is 0 Å². The van der Waals surface area contributed by atoms with Crippen molar-refractivity contribution in [2.24, 2.45) is 5.14 Å². The van der Waals surface area contributed by atoms with Crippen LogP contribution >= 0.6 is 0 Å². The van der Waals surface area contributed by atoms with E-state index >= 15 is 0 Å². The summed E-state index contributed by atoms with van der Waals surface area (Å²) in [5, 5.41) is 15.2. The maximum atomic E-state index is 11.4. The molecule has 0 saturated carbocycles. The zero-order chi connectivity index (χ0) is 19.9. The van der Waals surface area contributed by atoms with Crippen molar-refractivity contribution in [2.45, 2.75) is 11.3 Å². The lowest BCUT2D eigenvalue weighted by Gasteiger charge is -2.23. The van der Waals surface area contributed by atoms with Crippen LogP contribution in [-0.4, -0.2) is 47.6 Å². The summed E-state index contributed by atoms with van der Waals surface area (Å²) >= 11 is 0. The molecule has 0 spiro atoms. The van der Waals surface area contributed by atoms with Crippen molar-refractivity contribution < 1.29 is 18.3 Å². The quantitative estimate of drug-likeness (QED) is 0.624. The molecular formula is C19H18N4O4S. The highest BCUT2D eigenvalue weighted by Crippen LogP contribution is 2.31. The molecule has 0 atom stereocenters. The minimum Gasteiger partial charge on any atom is -0.465 e. The predicted molar refractivity (Wildman–Crippen MR) is 105 cm³/mol. The number of rotatable bonds is 3. The largest absolute Gasteiger partial charge is 0.465 e. The molecule has 28 heavy (non-hydrogen) atoms. The number of aromatic amines is 1. The van der Waals surface area contributed by atoms with E-state index in [9.17, 15) is 13.2 Å². The molecule has 0 fully saturated rings. The summed E-state index contributed by atoms with van der Waals surface area (Å²) in [6, 6.07) is 8.32. The second-order valence-electron chi connectivity index (χ2n) is 6.60. The molecule has 3 aromatic rings. The maximum Gasteiger partial charge on any atom is 0.407 e. The molecule has 1 aliphatic rings. The average Bonchev–Trinajstić information content (AvgIpc) is 3.10. The van der Waals surface area contributed by atoms with Gasteiger partial charge in [0, 0.05) is 42.0 Å². The van der Waals surface area contributed by atoms with Crippen LogP contribution in [0, 0.1) is 0 Å². The van der Waals surface area contributed by atoms with E-state index in [-0.39, 0.29) is 4.90 Å². The SMILES string of the molecule is NS(=O)(=O)c1ccc(-c2cnc3[nH]cc(C4=CCN(C(=O)O)CC4)c3c2)cc1. The van der Waals surface area contributed by atoms with Gasteiger partial charge in [-0.1, -0.05) is 18.2 Å². The molecule has 8 nitrogen and oxygen atoms in total. The van der Waals surface area contributed by atoms with Crippen LogP contribution in [-0.2, 0) is 10.0 Å². The van der Waals surface area contributed by atoms with Gasteiger partial charge in [0.15, 0.2) is 0 Å². The van der Waals surface area contributed by atoms with Crippen molar-refractivity contribution in [3.63, 3.8) is 0 Å². The summed E-state index contributed by atoms with van der Waals surface area (Å²) in [7, 11) is -3.73. The van der Waals surface area contributed by atoms with Gasteiger partial charge in [-0.15, -0.1) is 0 Å². The number of benzene rings is 1. The molecule has 0 bridgehead atoms. The number of nitrogens with one attached hydrogen (secondary N) is 1. The fourth-order valence-corrected chi connectivity index (χ4v) is 3.87. The third-order valence-electron chi connectivity index (χ3n) is 4.87. The molecule has 0 radical (unpaired) electrons. The Morgan fingerprint density at radius 3 is 2.57 bits per heavy atom. The third kappa shape index (κ3) is 3.37. The number of hydrogen-bond acceptors (Lipinski definition) is 4. The molecule has 1 aromatic carbocycles. The van der Waals surface area contributed by atoms with Crippen molar-refractivity contribution in [1.82, 2.24) is 14.9 Å². The lowest BCUT2D eigenvalue weighted by atomic mass is 9.98. The topological polar surface area (TPSA) is 129 Å². The van der Waals surface area contributed by atoms with Crippen LogP contribution in [0.4, 0.5) is 4.79 Å². The Morgan fingerprint density at radius 1 is 1.21 bits per heavy atom. The van der Waals surface area contributed by atoms with Crippen LogP contribution in [0.15, 0.2) is 53.7 Å². The first-order valence-corrected chi connectivity index (χ1v) is 10.2. The van der Waals surface area contributed by atoms with Gasteiger partial charge in [0.25, 0.3) is 0 Å². The van der Waals surface area contributed by atoms with E-state index in [0.717, 1.165) is 33.3 Å². The van der Waals surface area contributed by atoms with E-state index in [0.29, 0.717) is 19.5 Å². The summed E-state index contributed by atoms with van der Waals surface area (Å²) in [4.78, 5) is 20.1. The number of nitrogens with two attached hydrogens (primary N) is 1. The van der Waals surface area contributed by atoms with Gasteiger partial charge in [-0.2, -0.15) is 0 Å². The Balaban J connectivity index is 1.70. The van der Waals surface area contributed by atoms with Crippen LogP contribution in [0.1, 0.15) is 12.0 Å². The number of primary sulfonamides is 1. The maximum absolute atomic E-state index is 11.4. The smallest absolute Gasteiger partial charge is 0.407 e. The monoisotopic (exact) mass is 398 g/mol. The van der Waals surface area contributed by atoms with Crippen molar-refractivity contribution in [1.29, 1.82) is 0 Å². The van der Waals surface area contributed by atoms with Crippen LogP contribution in [0.2, 0.25) is 0 Å². The van der Waals surface area contributed by atoms with Gasteiger partial charge in [-0.3, -0.25) is 0 Å². The summed E-state index contributed by atoms with van der Waals surface area (Å²) in [6.45, 7) is 0.815. The molecule has 4 N–H and O–H groups in total. The van der Waals surface area contributed by atoms with Crippen LogP contribution < -0.4 is 5.14 Å². The summed E-state index contributed by atoms with van der Waals surface area (Å²) in [6.07, 6.45) is 5.24. The van der Waals surface area contributed by atoms with Gasteiger partial charge in [-0.05, 0) is 35.8 Å². The summed E-state index contributed by atoms with van der Waals surface area (Å²) in [5.41, 5.74) is 4.48. The summed E-state index contributed by atoms with van der Waals surface area (Å²) < 4.78 is 22.8. The van der Waals surface area contributed by atoms with Crippen molar-refractivity contribution >= 4 is 32.7 Å². The Kier molecular flexibility index (Phi) is 4.40. The number of H-pyrrole nitrogens is 1. The van der Waals surface area contributed by atoms with Gasteiger partial charge in [0.2, 0.25) is 10.0 Å². The lowest BCUT2D eigenvalue weighted by Crippen LogP contribution is -2.33. The molecule has 0 saturated heterocycles. The number of sulfonamides is 1. The second kappa shape index (κ2) is 6.77. The Bertz CT molecular complexity index is 1200. The molecule has 1 amide bonds. The minimum absolute atomic E-state index is 0.0583. The van der Waals surface area contributed by atoms with Gasteiger partial charge in [0.05, 0.1) is 4.90 Å². The van der Waals surface area contributed by atoms with Gasteiger partial charge in [-0.25, -0.2) is 23.3 Å². The van der Waals surface area contributed by atoms with Crippen LogP contribution in [0.25, 0.3) is 27.7 Å². The summed E-state index contributed by atoms with van der Waals surface area (Å²) in [5.74, 6) is 0. The zero-order valence-corrected chi connectivity index (χ0v) is 15.6. The van der Waals surface area contributed by atoms with E-state index < -0.39 is 16.1 Å². The van der Waals surface area contributed by atoms with E-state index in [1.165, 1.54) is 17.0 Å². The number of carbonyl (C=O) groups is 1. The highest BCUT2D eigenvalue weighted by atomic mass is 32.2. The van der Waals surface area contributed by atoms with Crippen LogP contribution in [0.5, 0.6) is 0 Å². The fraction of sp³-hybridized carbons (Fsp3) is 0.158. The highest BCUT2D eigenvalue weighted by Gasteiger charge is 2.19. The van der Waals surface area contributed by atoms with Crippen molar-refractivity contribution in [2.75, 3.05) is 13.1 Å². The molecule has 3 heterocycles. The molecule has 0 unspecified atom stereocenters. The number of amides is 1. The minimum atomic E-state index is -3.73. The molecule has 4 rings (SSSR count). The Hall–Kier alpha value is -3.17. The molecule has 2 aromatic heterocycles. The first-order chi connectivity index (χ1) is 13.3. The number of aromatic nitrogens is 2. The molecular weight excluding hydrogens is 380 g/mol. The van der Waals surface area contributed by atoms with Crippen molar-refractivity contribution in [3.05, 3.63) is 54.4 Å². The van der Waals surface area contributed by atoms with E-state index in [1.807, 2.05) is 18.3 Å². The highest BCUT2D eigenvalue weighted by molar-refractivity contribution is 7.89. The van der Waals surface area contributed by atoms with Gasteiger partial charge >= 0.3 is 6.09 Å². The number of hydrogen-bond donors (Lipinski definition) is 3. The molecule has 1 aliphatic heterocycles. The first kappa shape index (κ1) is 18.2. The lowest BCUT2D eigenvalue weighted by molar-refractivity contribution is 0.150. The molecule has 9 heteroatoms. The normalized spacial score (nSPS) is 14.9. The predicted octanol–water partition coefficient (Wildman–Crippen LogP) is 2.64. The standard InChI is InChI=1S/C19H18N4O4S/c20-28(26,27)15-3-1-12(2-4-15)14-9-16-17(11-22-18(16)21-10-14)13-5-7-23(8-6-13)19(24)25/h1-5,9-11H,6-8H2,(H,21,22)(H,24,25)(H2,20,26,27). The Morgan fingerprint density at radius 2 is 1.96 bits per heavy atom. The van der Waals surface area contributed by atoms with Crippen molar-refractivity contribution in [3.8, 4) is 11.1 Å². The number of nitrogens with zero attached hydrogens (tertiary/aromatic N) is 2. The third-order valence-corrected chi connectivity index (χ3v) is 5.80. The average molecular weight is 398 g/mol.